The number of fused-ring (bicyclic) bond motifs is 1. The summed E-state index contributed by atoms with van der Waals surface area (Å²) in [5.41, 5.74) is 4.34. The summed E-state index contributed by atoms with van der Waals surface area (Å²) in [5.74, 6) is 1.06. The van der Waals surface area contributed by atoms with Crippen LogP contribution in [0.25, 0.3) is 10.9 Å². The number of halogens is 2. The van der Waals surface area contributed by atoms with Crippen LogP contribution in [0.5, 0.6) is 11.5 Å². The lowest BCUT2D eigenvalue weighted by atomic mass is 10.0. The van der Waals surface area contributed by atoms with Gasteiger partial charge in [0.25, 0.3) is 0 Å². The number of nitrogens with one attached hydrogen (secondary N) is 1. The number of hydrogen-bond donors (Lipinski definition) is 1. The molecule has 0 radical (unpaired) electrons. The maximum atomic E-state index is 14.4. The molecule has 0 aliphatic rings. The minimum absolute atomic E-state index is 0.322. The van der Waals surface area contributed by atoms with Crippen molar-refractivity contribution >= 4 is 22.5 Å². The van der Waals surface area contributed by atoms with Crippen LogP contribution >= 0.6 is 11.6 Å². The number of aromatic nitrogens is 1. The molecular formula is C29H23ClFNO2. The van der Waals surface area contributed by atoms with E-state index in [1.807, 2.05) is 79.0 Å². The molecule has 0 spiro atoms. The van der Waals surface area contributed by atoms with Crippen LogP contribution in [0.3, 0.4) is 0 Å². The highest BCUT2D eigenvalue weighted by Gasteiger charge is 2.16. The van der Waals surface area contributed by atoms with Gasteiger partial charge in [0.15, 0.2) is 0 Å². The molecule has 1 aromatic heterocycles. The second-order valence-electron chi connectivity index (χ2n) is 8.09. The Bertz CT molecular complexity index is 1380. The van der Waals surface area contributed by atoms with Crippen molar-refractivity contribution in [3.05, 3.63) is 130 Å². The average Bonchev–Trinajstić information content (AvgIpc) is 3.28. The van der Waals surface area contributed by atoms with E-state index in [1.54, 1.807) is 12.1 Å². The number of ether oxygens (including phenoxy) is 2. The molecule has 5 rings (SSSR count). The summed E-state index contributed by atoms with van der Waals surface area (Å²) in [6.07, 6.45) is 2.19. The molecule has 34 heavy (non-hydrogen) atoms. The van der Waals surface area contributed by atoms with E-state index in [0.29, 0.717) is 41.7 Å². The SMILES string of the molecule is Fc1cccc(Cl)c1Cc1cc(OCc2ccccc2)c2c(OCc3ccccc3)c[nH]c2c1. The molecule has 1 heterocycles. The lowest BCUT2D eigenvalue weighted by Gasteiger charge is -2.13. The van der Waals surface area contributed by atoms with E-state index >= 15 is 0 Å². The third-order valence-corrected chi connectivity index (χ3v) is 6.04. The molecule has 0 unspecified atom stereocenters. The zero-order chi connectivity index (χ0) is 23.3. The van der Waals surface area contributed by atoms with Gasteiger partial charge in [0.1, 0.15) is 30.5 Å². The highest BCUT2D eigenvalue weighted by atomic mass is 35.5. The molecule has 0 aliphatic heterocycles. The van der Waals surface area contributed by atoms with Crippen LogP contribution in [0.2, 0.25) is 5.02 Å². The second kappa shape index (κ2) is 10.0. The molecule has 4 aromatic carbocycles. The van der Waals surface area contributed by atoms with Crippen molar-refractivity contribution in [2.45, 2.75) is 19.6 Å². The number of rotatable bonds is 8. The first-order chi connectivity index (χ1) is 16.7. The molecule has 0 fully saturated rings. The van der Waals surface area contributed by atoms with Gasteiger partial charge in [-0.3, -0.25) is 0 Å². The van der Waals surface area contributed by atoms with Crippen molar-refractivity contribution < 1.29 is 13.9 Å². The normalized spacial score (nSPS) is 11.0. The summed E-state index contributed by atoms with van der Waals surface area (Å²) < 4.78 is 26.9. The maximum Gasteiger partial charge on any atom is 0.148 e. The fourth-order valence-electron chi connectivity index (χ4n) is 3.96. The molecule has 5 aromatic rings. The Hall–Kier alpha value is -3.76. The number of aromatic amines is 1. The summed E-state index contributed by atoms with van der Waals surface area (Å²) in [5, 5.41) is 1.26. The first-order valence-electron chi connectivity index (χ1n) is 11.1. The zero-order valence-electron chi connectivity index (χ0n) is 18.4. The second-order valence-corrected chi connectivity index (χ2v) is 8.50. The monoisotopic (exact) mass is 471 g/mol. The predicted octanol–water partition coefficient (Wildman–Crippen LogP) is 7.71. The molecule has 3 nitrogen and oxygen atoms in total. The average molecular weight is 472 g/mol. The Labute approximate surface area is 202 Å². The van der Waals surface area contributed by atoms with Crippen molar-refractivity contribution in [3.63, 3.8) is 0 Å². The van der Waals surface area contributed by atoms with E-state index in [2.05, 4.69) is 4.98 Å². The summed E-state index contributed by atoms with van der Waals surface area (Å²) in [6.45, 7) is 0.849. The Morgan fingerprint density at radius 2 is 1.35 bits per heavy atom. The molecule has 170 valence electrons. The van der Waals surface area contributed by atoms with Gasteiger partial charge in [0.05, 0.1) is 10.9 Å². The Morgan fingerprint density at radius 1 is 0.706 bits per heavy atom. The maximum absolute atomic E-state index is 14.4. The summed E-state index contributed by atoms with van der Waals surface area (Å²) >= 11 is 6.28. The van der Waals surface area contributed by atoms with E-state index in [9.17, 15) is 4.39 Å². The van der Waals surface area contributed by atoms with Crippen LogP contribution in [0.4, 0.5) is 4.39 Å². The first-order valence-corrected chi connectivity index (χ1v) is 11.5. The van der Waals surface area contributed by atoms with Crippen LogP contribution in [-0.4, -0.2) is 4.98 Å². The lowest BCUT2D eigenvalue weighted by molar-refractivity contribution is 0.298. The van der Waals surface area contributed by atoms with E-state index in [0.717, 1.165) is 27.6 Å². The Balaban J connectivity index is 1.49. The fraction of sp³-hybridized carbons (Fsp3) is 0.103. The van der Waals surface area contributed by atoms with Gasteiger partial charge in [-0.2, -0.15) is 0 Å². The summed E-state index contributed by atoms with van der Waals surface area (Å²) in [6, 6.07) is 28.7. The van der Waals surface area contributed by atoms with Gasteiger partial charge in [0, 0.05) is 23.2 Å². The molecule has 0 bridgehead atoms. The van der Waals surface area contributed by atoms with Crippen LogP contribution in [0, 0.1) is 5.82 Å². The summed E-state index contributed by atoms with van der Waals surface area (Å²) in [4.78, 5) is 3.29. The highest BCUT2D eigenvalue weighted by Crippen LogP contribution is 2.37. The molecule has 5 heteroatoms. The van der Waals surface area contributed by atoms with E-state index in [4.69, 9.17) is 21.1 Å². The summed E-state index contributed by atoms with van der Waals surface area (Å²) in [7, 11) is 0. The third-order valence-electron chi connectivity index (χ3n) is 5.68. The first kappa shape index (κ1) is 22.1. The predicted molar refractivity (Wildman–Crippen MR) is 134 cm³/mol. The number of H-pyrrole nitrogens is 1. The molecular weight excluding hydrogens is 449 g/mol. The van der Waals surface area contributed by atoms with Crippen LogP contribution in [0.15, 0.2) is 97.2 Å². The standard InChI is InChI=1S/C29H23ClFNO2/c30-24-12-7-13-25(31)23(24)14-22-15-26-29(27(16-22)33-18-20-8-3-1-4-9-20)28(17-32-26)34-19-21-10-5-2-6-11-21/h1-13,15-17,32H,14,18-19H2. The van der Waals surface area contributed by atoms with Crippen LogP contribution < -0.4 is 9.47 Å². The van der Waals surface area contributed by atoms with Gasteiger partial charge < -0.3 is 14.5 Å². The van der Waals surface area contributed by atoms with E-state index in [-0.39, 0.29) is 5.82 Å². The van der Waals surface area contributed by atoms with Gasteiger partial charge in [-0.25, -0.2) is 4.39 Å². The lowest BCUT2D eigenvalue weighted by Crippen LogP contribution is -2.00. The van der Waals surface area contributed by atoms with Gasteiger partial charge in [0.2, 0.25) is 0 Å². The van der Waals surface area contributed by atoms with Crippen molar-refractivity contribution in [1.82, 2.24) is 4.98 Å². The number of hydrogen-bond acceptors (Lipinski definition) is 2. The smallest absolute Gasteiger partial charge is 0.148 e. The van der Waals surface area contributed by atoms with Gasteiger partial charge >= 0.3 is 0 Å². The van der Waals surface area contributed by atoms with Crippen molar-refractivity contribution in [3.8, 4) is 11.5 Å². The topological polar surface area (TPSA) is 34.2 Å². The number of benzene rings is 4. The van der Waals surface area contributed by atoms with Gasteiger partial charge in [-0.05, 0) is 41.0 Å². The van der Waals surface area contributed by atoms with Crippen molar-refractivity contribution in [1.29, 1.82) is 0 Å². The molecule has 0 aliphatic carbocycles. The van der Waals surface area contributed by atoms with Crippen LogP contribution in [-0.2, 0) is 19.6 Å². The Morgan fingerprint density at radius 3 is 2.00 bits per heavy atom. The third kappa shape index (κ3) is 4.92. The van der Waals surface area contributed by atoms with Crippen molar-refractivity contribution in [2.75, 3.05) is 0 Å². The largest absolute Gasteiger partial charge is 0.488 e. The van der Waals surface area contributed by atoms with Gasteiger partial charge in [-0.1, -0.05) is 78.3 Å². The molecule has 0 atom stereocenters. The molecule has 0 amide bonds. The minimum Gasteiger partial charge on any atom is -0.488 e. The fourth-order valence-corrected chi connectivity index (χ4v) is 4.19. The van der Waals surface area contributed by atoms with Crippen molar-refractivity contribution in [2.24, 2.45) is 0 Å². The minimum atomic E-state index is -0.322. The van der Waals surface area contributed by atoms with E-state index < -0.39 is 0 Å². The van der Waals surface area contributed by atoms with E-state index in [1.165, 1.54) is 6.07 Å². The quantitative estimate of drug-likeness (QED) is 0.251. The van der Waals surface area contributed by atoms with Gasteiger partial charge in [-0.15, -0.1) is 0 Å². The molecule has 0 saturated carbocycles. The molecule has 0 saturated heterocycles. The Kier molecular flexibility index (Phi) is 6.50. The highest BCUT2D eigenvalue weighted by molar-refractivity contribution is 6.31. The molecule has 1 N–H and O–H groups in total. The zero-order valence-corrected chi connectivity index (χ0v) is 19.2. The van der Waals surface area contributed by atoms with Crippen LogP contribution in [0.1, 0.15) is 22.3 Å².